The molecule has 0 atom stereocenters. The molecule has 1 saturated heterocycles. The summed E-state index contributed by atoms with van der Waals surface area (Å²) in [4.78, 5) is 15.2. The smallest absolute Gasteiger partial charge is 0.268 e. The lowest BCUT2D eigenvalue weighted by Crippen LogP contribution is -2.28. The summed E-state index contributed by atoms with van der Waals surface area (Å²) in [6.07, 6.45) is 1.83. The molecule has 0 aliphatic carbocycles. The molecule has 1 aliphatic heterocycles. The van der Waals surface area contributed by atoms with Crippen molar-refractivity contribution in [2.24, 2.45) is 10.2 Å². The molecule has 4 rings (SSSR count). The number of nitrogens with zero attached hydrogens (tertiary/aromatic N) is 3. The third-order valence-electron chi connectivity index (χ3n) is 4.77. The lowest BCUT2D eigenvalue weighted by Gasteiger charge is -2.17. The molecule has 3 aromatic carbocycles. The zero-order valence-electron chi connectivity index (χ0n) is 16.9. The Labute approximate surface area is 195 Å². The van der Waals surface area contributed by atoms with Gasteiger partial charge in [-0.25, -0.2) is 0 Å². The summed E-state index contributed by atoms with van der Waals surface area (Å²) < 4.78 is 0.502. The summed E-state index contributed by atoms with van der Waals surface area (Å²) in [5.74, 6) is -0.137. The Balaban J connectivity index is 1.58. The minimum atomic E-state index is -0.137. The molecular formula is C24H18ClN3OS2. The SMILES string of the molecule is Cc1ccccc1N=Nc1ccc(N2C(=O)/C(=C/c3ccc(Cl)cc3)SC2=S)c(C)c1. The second kappa shape index (κ2) is 9.14. The lowest BCUT2D eigenvalue weighted by molar-refractivity contribution is -0.113. The van der Waals surface area contributed by atoms with Gasteiger partial charge >= 0.3 is 0 Å². The molecule has 7 heteroatoms. The van der Waals surface area contributed by atoms with E-state index in [0.29, 0.717) is 19.9 Å². The van der Waals surface area contributed by atoms with E-state index in [-0.39, 0.29) is 5.91 Å². The van der Waals surface area contributed by atoms with E-state index in [0.717, 1.165) is 28.1 Å². The Bertz CT molecular complexity index is 1240. The molecule has 0 spiro atoms. The number of carbonyl (C=O) groups excluding carboxylic acids is 1. The molecule has 0 radical (unpaired) electrons. The fraction of sp³-hybridized carbons (Fsp3) is 0.0833. The van der Waals surface area contributed by atoms with Crippen LogP contribution in [0.3, 0.4) is 0 Å². The summed E-state index contributed by atoms with van der Waals surface area (Å²) in [6, 6.07) is 20.7. The Morgan fingerprint density at radius 2 is 1.71 bits per heavy atom. The van der Waals surface area contributed by atoms with Crippen molar-refractivity contribution in [2.75, 3.05) is 4.90 Å². The van der Waals surface area contributed by atoms with Crippen molar-refractivity contribution in [1.29, 1.82) is 0 Å². The van der Waals surface area contributed by atoms with Gasteiger partial charge in [-0.3, -0.25) is 9.69 Å². The highest BCUT2D eigenvalue weighted by atomic mass is 35.5. The summed E-state index contributed by atoms with van der Waals surface area (Å²) >= 11 is 12.7. The van der Waals surface area contributed by atoms with Crippen LogP contribution in [0.1, 0.15) is 16.7 Å². The van der Waals surface area contributed by atoms with Gasteiger partial charge in [0.15, 0.2) is 4.32 Å². The quantitative estimate of drug-likeness (QED) is 0.225. The van der Waals surface area contributed by atoms with Crippen LogP contribution in [-0.4, -0.2) is 10.2 Å². The number of aryl methyl sites for hydroxylation is 2. The predicted octanol–water partition coefficient (Wildman–Crippen LogP) is 7.78. The normalized spacial score (nSPS) is 15.5. The van der Waals surface area contributed by atoms with Gasteiger partial charge in [0.2, 0.25) is 0 Å². The van der Waals surface area contributed by atoms with Gasteiger partial charge in [-0.1, -0.05) is 65.9 Å². The Hall–Kier alpha value is -2.80. The number of azo groups is 1. The standard InChI is InChI=1S/C24H18ClN3OS2/c1-15-5-3-4-6-20(15)27-26-19-11-12-21(16(2)13-19)28-23(29)22(31-24(28)30)14-17-7-9-18(25)10-8-17/h3-14H,1-2H3/b22-14-,27-26?. The molecule has 0 N–H and O–H groups in total. The fourth-order valence-corrected chi connectivity index (χ4v) is 4.54. The number of hydrogen-bond donors (Lipinski definition) is 0. The van der Waals surface area contributed by atoms with E-state index in [4.69, 9.17) is 23.8 Å². The van der Waals surface area contributed by atoms with E-state index >= 15 is 0 Å². The number of rotatable bonds is 4. The maximum absolute atomic E-state index is 13.1. The van der Waals surface area contributed by atoms with Gasteiger partial charge < -0.3 is 0 Å². The van der Waals surface area contributed by atoms with Crippen LogP contribution in [0.25, 0.3) is 6.08 Å². The largest absolute Gasteiger partial charge is 0.270 e. The van der Waals surface area contributed by atoms with E-state index in [1.54, 1.807) is 17.0 Å². The van der Waals surface area contributed by atoms with Crippen LogP contribution in [0.4, 0.5) is 17.1 Å². The Morgan fingerprint density at radius 3 is 2.42 bits per heavy atom. The first-order valence-electron chi connectivity index (χ1n) is 9.54. The highest BCUT2D eigenvalue weighted by Crippen LogP contribution is 2.38. The number of thiocarbonyl (C=S) groups is 1. The van der Waals surface area contributed by atoms with Gasteiger partial charge in [-0.05, 0) is 73.0 Å². The third kappa shape index (κ3) is 4.77. The average Bonchev–Trinajstić information content (AvgIpc) is 3.02. The van der Waals surface area contributed by atoms with Crippen LogP contribution in [0.2, 0.25) is 5.02 Å². The van der Waals surface area contributed by atoms with Crippen LogP contribution in [0.15, 0.2) is 81.9 Å². The van der Waals surface area contributed by atoms with Crippen molar-refractivity contribution in [3.05, 3.63) is 93.3 Å². The second-order valence-electron chi connectivity index (χ2n) is 7.03. The average molecular weight is 464 g/mol. The molecule has 0 saturated carbocycles. The molecule has 1 fully saturated rings. The topological polar surface area (TPSA) is 45.0 Å². The third-order valence-corrected chi connectivity index (χ3v) is 6.33. The molecule has 3 aromatic rings. The van der Waals surface area contributed by atoms with E-state index in [9.17, 15) is 4.79 Å². The molecule has 1 aliphatic rings. The fourth-order valence-electron chi connectivity index (χ4n) is 3.13. The second-order valence-corrected chi connectivity index (χ2v) is 9.14. The molecule has 0 aromatic heterocycles. The Morgan fingerprint density at radius 1 is 0.968 bits per heavy atom. The minimum absolute atomic E-state index is 0.137. The van der Waals surface area contributed by atoms with Crippen LogP contribution in [-0.2, 0) is 4.79 Å². The summed E-state index contributed by atoms with van der Waals surface area (Å²) in [6.45, 7) is 3.93. The van der Waals surface area contributed by atoms with Crippen molar-refractivity contribution in [2.45, 2.75) is 13.8 Å². The van der Waals surface area contributed by atoms with Crippen molar-refractivity contribution >= 4 is 68.9 Å². The van der Waals surface area contributed by atoms with E-state index in [2.05, 4.69) is 10.2 Å². The van der Waals surface area contributed by atoms with Crippen LogP contribution >= 0.6 is 35.6 Å². The molecule has 31 heavy (non-hydrogen) atoms. The lowest BCUT2D eigenvalue weighted by atomic mass is 10.1. The monoisotopic (exact) mass is 463 g/mol. The van der Waals surface area contributed by atoms with Gasteiger partial charge in [0.1, 0.15) is 0 Å². The zero-order valence-corrected chi connectivity index (χ0v) is 19.3. The first-order chi connectivity index (χ1) is 14.9. The maximum Gasteiger partial charge on any atom is 0.270 e. The van der Waals surface area contributed by atoms with Gasteiger partial charge in [0.25, 0.3) is 5.91 Å². The molecule has 154 valence electrons. The summed E-state index contributed by atoms with van der Waals surface area (Å²) in [5, 5.41) is 9.33. The number of thioether (sulfide) groups is 1. The van der Waals surface area contributed by atoms with E-state index in [1.165, 1.54) is 11.8 Å². The van der Waals surface area contributed by atoms with Gasteiger partial charge in [0, 0.05) is 5.02 Å². The first kappa shape index (κ1) is 21.4. The molecule has 0 unspecified atom stereocenters. The molecule has 4 nitrogen and oxygen atoms in total. The number of hydrogen-bond acceptors (Lipinski definition) is 5. The number of anilines is 1. The number of benzene rings is 3. The molecular weight excluding hydrogens is 446 g/mol. The van der Waals surface area contributed by atoms with Crippen LogP contribution < -0.4 is 4.90 Å². The summed E-state index contributed by atoms with van der Waals surface area (Å²) in [7, 11) is 0. The first-order valence-corrected chi connectivity index (χ1v) is 11.1. The molecule has 1 heterocycles. The zero-order chi connectivity index (χ0) is 22.0. The maximum atomic E-state index is 13.1. The summed E-state index contributed by atoms with van der Waals surface area (Å²) in [5.41, 5.74) is 5.14. The van der Waals surface area contributed by atoms with Crippen molar-refractivity contribution in [3.8, 4) is 0 Å². The minimum Gasteiger partial charge on any atom is -0.268 e. The number of amides is 1. The highest BCUT2D eigenvalue weighted by Gasteiger charge is 2.34. The van der Waals surface area contributed by atoms with Crippen LogP contribution in [0.5, 0.6) is 0 Å². The van der Waals surface area contributed by atoms with Crippen molar-refractivity contribution < 1.29 is 4.79 Å². The van der Waals surface area contributed by atoms with Crippen LogP contribution in [0, 0.1) is 13.8 Å². The molecule has 1 amide bonds. The van der Waals surface area contributed by atoms with Crippen molar-refractivity contribution in [3.63, 3.8) is 0 Å². The highest BCUT2D eigenvalue weighted by molar-refractivity contribution is 8.27. The predicted molar refractivity (Wildman–Crippen MR) is 134 cm³/mol. The number of halogens is 1. The molecule has 0 bridgehead atoms. The van der Waals surface area contributed by atoms with Gasteiger partial charge in [-0.2, -0.15) is 10.2 Å². The Kier molecular flexibility index (Phi) is 6.32. The number of carbonyl (C=O) groups is 1. The van der Waals surface area contributed by atoms with Gasteiger partial charge in [0.05, 0.1) is 22.0 Å². The van der Waals surface area contributed by atoms with E-state index in [1.807, 2.05) is 74.5 Å². The van der Waals surface area contributed by atoms with Crippen molar-refractivity contribution in [1.82, 2.24) is 0 Å². The van der Waals surface area contributed by atoms with Gasteiger partial charge in [-0.15, -0.1) is 0 Å². The van der Waals surface area contributed by atoms with E-state index < -0.39 is 0 Å².